The van der Waals surface area contributed by atoms with Gasteiger partial charge in [0.25, 0.3) is 0 Å². The van der Waals surface area contributed by atoms with E-state index in [1.165, 1.54) is 17.7 Å². The second kappa shape index (κ2) is 6.16. The first kappa shape index (κ1) is 13.3. The first-order chi connectivity index (χ1) is 9.81. The van der Waals surface area contributed by atoms with Crippen molar-refractivity contribution in [3.05, 3.63) is 71.5 Å². The van der Waals surface area contributed by atoms with Crippen LogP contribution in [-0.2, 0) is 6.54 Å². The molecule has 0 bridgehead atoms. The van der Waals surface area contributed by atoms with Crippen molar-refractivity contribution in [2.45, 2.75) is 12.6 Å². The maximum absolute atomic E-state index is 13.0. The fourth-order valence-electron chi connectivity index (χ4n) is 2.71. The average molecular weight is 270 g/mol. The van der Waals surface area contributed by atoms with Crippen LogP contribution in [0.4, 0.5) is 4.39 Å². The van der Waals surface area contributed by atoms with E-state index >= 15 is 0 Å². The predicted molar refractivity (Wildman–Crippen MR) is 78.9 cm³/mol. The molecule has 0 amide bonds. The van der Waals surface area contributed by atoms with Gasteiger partial charge in [-0.25, -0.2) is 4.39 Å². The molecule has 1 heterocycles. The molecular weight excluding hydrogens is 251 g/mol. The van der Waals surface area contributed by atoms with E-state index in [1.807, 2.05) is 18.2 Å². The highest BCUT2D eigenvalue weighted by atomic mass is 19.1. The molecule has 20 heavy (non-hydrogen) atoms. The van der Waals surface area contributed by atoms with Gasteiger partial charge in [-0.15, -0.1) is 0 Å². The van der Waals surface area contributed by atoms with Crippen LogP contribution in [0.25, 0.3) is 0 Å². The van der Waals surface area contributed by atoms with Gasteiger partial charge in [-0.05, 0) is 23.3 Å². The Kier molecular flexibility index (Phi) is 4.09. The number of halogens is 1. The van der Waals surface area contributed by atoms with Gasteiger partial charge in [-0.3, -0.25) is 4.90 Å². The molecule has 1 unspecified atom stereocenters. The van der Waals surface area contributed by atoms with Gasteiger partial charge in [-0.2, -0.15) is 0 Å². The van der Waals surface area contributed by atoms with E-state index in [2.05, 4.69) is 34.5 Å². The molecule has 1 N–H and O–H groups in total. The zero-order valence-electron chi connectivity index (χ0n) is 11.4. The highest BCUT2D eigenvalue weighted by molar-refractivity contribution is 5.21. The molecule has 2 aromatic carbocycles. The van der Waals surface area contributed by atoms with E-state index in [0.717, 1.165) is 31.7 Å². The molecule has 1 aliphatic heterocycles. The molecule has 0 aromatic heterocycles. The van der Waals surface area contributed by atoms with Crippen molar-refractivity contribution < 1.29 is 4.39 Å². The largest absolute Gasteiger partial charge is 0.308 e. The summed E-state index contributed by atoms with van der Waals surface area (Å²) in [4.78, 5) is 2.44. The van der Waals surface area contributed by atoms with Crippen LogP contribution in [-0.4, -0.2) is 24.5 Å². The minimum atomic E-state index is -0.175. The Bertz CT molecular complexity index is 539. The van der Waals surface area contributed by atoms with Crippen molar-refractivity contribution in [3.63, 3.8) is 0 Å². The van der Waals surface area contributed by atoms with Gasteiger partial charge in [0.15, 0.2) is 0 Å². The van der Waals surface area contributed by atoms with Gasteiger partial charge in [-0.1, -0.05) is 42.5 Å². The Hall–Kier alpha value is -1.71. The number of nitrogens with one attached hydrogen (secondary N) is 1. The monoisotopic (exact) mass is 270 g/mol. The molecule has 0 radical (unpaired) electrons. The second-order valence-corrected chi connectivity index (χ2v) is 5.28. The molecule has 0 spiro atoms. The summed E-state index contributed by atoms with van der Waals surface area (Å²) in [5.74, 6) is -0.175. The van der Waals surface area contributed by atoms with Gasteiger partial charge in [0.2, 0.25) is 0 Å². The molecule has 3 rings (SSSR count). The Morgan fingerprint density at radius 1 is 1.05 bits per heavy atom. The lowest BCUT2D eigenvalue weighted by molar-refractivity contribution is 0.193. The van der Waals surface area contributed by atoms with E-state index in [4.69, 9.17) is 0 Å². The first-order valence-electron chi connectivity index (χ1n) is 7.06. The van der Waals surface area contributed by atoms with Crippen LogP contribution in [0.15, 0.2) is 54.6 Å². The van der Waals surface area contributed by atoms with E-state index in [9.17, 15) is 4.39 Å². The highest BCUT2D eigenvalue weighted by Crippen LogP contribution is 2.19. The number of hydrogen-bond donors (Lipinski definition) is 1. The van der Waals surface area contributed by atoms with Crippen LogP contribution in [0.5, 0.6) is 0 Å². The highest BCUT2D eigenvalue weighted by Gasteiger charge is 2.20. The third kappa shape index (κ3) is 3.24. The van der Waals surface area contributed by atoms with E-state index in [0.29, 0.717) is 0 Å². The van der Waals surface area contributed by atoms with Crippen molar-refractivity contribution in [2.24, 2.45) is 0 Å². The Morgan fingerprint density at radius 3 is 2.55 bits per heavy atom. The molecule has 1 saturated heterocycles. The smallest absolute Gasteiger partial charge is 0.123 e. The van der Waals surface area contributed by atoms with Crippen LogP contribution < -0.4 is 5.32 Å². The van der Waals surface area contributed by atoms with E-state index < -0.39 is 0 Å². The minimum absolute atomic E-state index is 0.175. The summed E-state index contributed by atoms with van der Waals surface area (Å²) in [6.07, 6.45) is 0. The third-order valence-corrected chi connectivity index (χ3v) is 3.78. The topological polar surface area (TPSA) is 15.3 Å². The van der Waals surface area contributed by atoms with Crippen molar-refractivity contribution in [3.8, 4) is 0 Å². The van der Waals surface area contributed by atoms with Gasteiger partial charge in [0, 0.05) is 32.2 Å². The summed E-state index contributed by atoms with van der Waals surface area (Å²) >= 11 is 0. The minimum Gasteiger partial charge on any atom is -0.308 e. The fourth-order valence-corrected chi connectivity index (χ4v) is 2.71. The van der Waals surface area contributed by atoms with Crippen LogP contribution in [0.1, 0.15) is 17.2 Å². The average Bonchev–Trinajstić information content (AvgIpc) is 2.49. The van der Waals surface area contributed by atoms with E-state index in [1.54, 1.807) is 0 Å². The zero-order valence-corrected chi connectivity index (χ0v) is 11.4. The lowest BCUT2D eigenvalue weighted by Gasteiger charge is -2.34. The van der Waals surface area contributed by atoms with Gasteiger partial charge in [0.1, 0.15) is 5.82 Å². The van der Waals surface area contributed by atoms with Crippen LogP contribution >= 0.6 is 0 Å². The molecule has 104 valence electrons. The van der Waals surface area contributed by atoms with Gasteiger partial charge in [0.05, 0.1) is 0 Å². The zero-order chi connectivity index (χ0) is 13.8. The van der Waals surface area contributed by atoms with Crippen LogP contribution in [0.3, 0.4) is 0 Å². The van der Waals surface area contributed by atoms with Crippen LogP contribution in [0.2, 0.25) is 0 Å². The summed E-state index contributed by atoms with van der Waals surface area (Å²) in [5.41, 5.74) is 2.50. The molecule has 1 fully saturated rings. The Morgan fingerprint density at radius 2 is 1.80 bits per heavy atom. The first-order valence-corrected chi connectivity index (χ1v) is 7.06. The molecule has 1 atom stereocenters. The standard InChI is InChI=1S/C17H19FN2/c18-16-8-6-15(7-9-16)17-13-20(11-10-19-17)12-14-4-2-1-3-5-14/h1-9,17,19H,10-13H2. The molecule has 1 aliphatic rings. The number of benzene rings is 2. The fraction of sp³-hybridized carbons (Fsp3) is 0.294. The number of rotatable bonds is 3. The summed E-state index contributed by atoms with van der Waals surface area (Å²) in [7, 11) is 0. The summed E-state index contributed by atoms with van der Waals surface area (Å²) in [6.45, 7) is 3.95. The lowest BCUT2D eigenvalue weighted by atomic mass is 10.0. The number of piperazine rings is 1. The molecular formula is C17H19FN2. The van der Waals surface area contributed by atoms with Gasteiger partial charge < -0.3 is 5.32 Å². The van der Waals surface area contributed by atoms with Crippen LogP contribution in [0, 0.1) is 5.82 Å². The Labute approximate surface area is 119 Å². The lowest BCUT2D eigenvalue weighted by Crippen LogP contribution is -2.45. The van der Waals surface area contributed by atoms with Gasteiger partial charge >= 0.3 is 0 Å². The Balaban J connectivity index is 1.66. The summed E-state index contributed by atoms with van der Waals surface area (Å²) < 4.78 is 13.0. The molecule has 2 aromatic rings. The number of nitrogens with zero attached hydrogens (tertiary/aromatic N) is 1. The van der Waals surface area contributed by atoms with Crippen molar-refractivity contribution in [1.29, 1.82) is 0 Å². The third-order valence-electron chi connectivity index (χ3n) is 3.78. The molecule has 3 heteroatoms. The molecule has 2 nitrogen and oxygen atoms in total. The summed E-state index contributed by atoms with van der Waals surface area (Å²) in [6, 6.07) is 17.6. The van der Waals surface area contributed by atoms with Crippen molar-refractivity contribution in [2.75, 3.05) is 19.6 Å². The maximum atomic E-state index is 13.0. The van der Waals surface area contributed by atoms with Crippen molar-refractivity contribution in [1.82, 2.24) is 10.2 Å². The normalized spacial score (nSPS) is 19.9. The number of hydrogen-bond acceptors (Lipinski definition) is 2. The maximum Gasteiger partial charge on any atom is 0.123 e. The summed E-state index contributed by atoms with van der Waals surface area (Å²) in [5, 5.41) is 3.51. The predicted octanol–water partition coefficient (Wildman–Crippen LogP) is 2.97. The SMILES string of the molecule is Fc1ccc(C2CN(Cc3ccccc3)CCN2)cc1. The molecule has 0 aliphatic carbocycles. The van der Waals surface area contributed by atoms with Crippen molar-refractivity contribution >= 4 is 0 Å². The second-order valence-electron chi connectivity index (χ2n) is 5.28. The van der Waals surface area contributed by atoms with E-state index in [-0.39, 0.29) is 11.9 Å². The quantitative estimate of drug-likeness (QED) is 0.922. The molecule has 0 saturated carbocycles.